The van der Waals surface area contributed by atoms with Gasteiger partial charge in [0.1, 0.15) is 18.4 Å². The highest BCUT2D eigenvalue weighted by molar-refractivity contribution is 5.28. The molecule has 0 aliphatic carbocycles. The minimum Gasteiger partial charge on any atom is -0.489 e. The summed E-state index contributed by atoms with van der Waals surface area (Å²) in [6, 6.07) is 17.7. The van der Waals surface area contributed by atoms with E-state index in [4.69, 9.17) is 9.84 Å². The van der Waals surface area contributed by atoms with E-state index in [2.05, 4.69) is 5.73 Å². The topological polar surface area (TPSA) is 57.1 Å². The molecule has 3 nitrogen and oxygen atoms in total. The molecule has 0 saturated carbocycles. The Morgan fingerprint density at radius 2 is 1.67 bits per heavy atom. The van der Waals surface area contributed by atoms with Crippen molar-refractivity contribution in [2.45, 2.75) is 12.6 Å². The number of rotatable bonds is 5. The van der Waals surface area contributed by atoms with Crippen LogP contribution >= 0.6 is 0 Å². The molecule has 2 aromatic rings. The number of quaternary nitrogens is 1. The van der Waals surface area contributed by atoms with Gasteiger partial charge >= 0.3 is 0 Å². The number of aliphatic hydroxyl groups excluding tert-OH is 1. The SMILES string of the molecule is [NH3+][C@@H](CO)c1ccc(OCc2ccccc2)cc1. The molecule has 3 heteroatoms. The van der Waals surface area contributed by atoms with Crippen LogP contribution < -0.4 is 10.5 Å². The maximum atomic E-state index is 9.02. The summed E-state index contributed by atoms with van der Waals surface area (Å²) in [6.07, 6.45) is 0. The molecule has 1 atom stereocenters. The Kier molecular flexibility index (Phi) is 4.34. The Morgan fingerprint density at radius 1 is 1.00 bits per heavy atom. The van der Waals surface area contributed by atoms with Crippen LogP contribution in [0.1, 0.15) is 17.2 Å². The van der Waals surface area contributed by atoms with Crippen molar-refractivity contribution in [1.29, 1.82) is 0 Å². The van der Waals surface area contributed by atoms with Crippen LogP contribution in [0.5, 0.6) is 5.75 Å². The summed E-state index contributed by atoms with van der Waals surface area (Å²) in [5.41, 5.74) is 6.02. The first-order valence-corrected chi connectivity index (χ1v) is 6.00. The fraction of sp³-hybridized carbons (Fsp3) is 0.200. The number of hydrogen-bond acceptors (Lipinski definition) is 2. The van der Waals surface area contributed by atoms with Gasteiger partial charge in [-0.15, -0.1) is 0 Å². The van der Waals surface area contributed by atoms with Crippen LogP contribution in [0.3, 0.4) is 0 Å². The van der Waals surface area contributed by atoms with Crippen molar-refractivity contribution in [2.75, 3.05) is 6.61 Å². The molecule has 0 radical (unpaired) electrons. The molecule has 18 heavy (non-hydrogen) atoms. The molecule has 0 unspecified atom stereocenters. The summed E-state index contributed by atoms with van der Waals surface area (Å²) in [7, 11) is 0. The fourth-order valence-electron chi connectivity index (χ4n) is 1.68. The first-order valence-electron chi connectivity index (χ1n) is 6.00. The predicted molar refractivity (Wildman–Crippen MR) is 69.9 cm³/mol. The second kappa shape index (κ2) is 6.19. The quantitative estimate of drug-likeness (QED) is 0.838. The van der Waals surface area contributed by atoms with Crippen molar-refractivity contribution in [3.05, 3.63) is 65.7 Å². The van der Waals surface area contributed by atoms with Gasteiger partial charge in [-0.2, -0.15) is 0 Å². The van der Waals surface area contributed by atoms with Crippen molar-refractivity contribution in [3.8, 4) is 5.75 Å². The van der Waals surface area contributed by atoms with Gasteiger partial charge in [-0.05, 0) is 29.8 Å². The Morgan fingerprint density at radius 3 is 2.28 bits per heavy atom. The second-order valence-corrected chi connectivity index (χ2v) is 4.22. The molecule has 0 spiro atoms. The minimum atomic E-state index is -0.0758. The molecule has 94 valence electrons. The molecule has 0 aliphatic rings. The summed E-state index contributed by atoms with van der Waals surface area (Å²) in [5.74, 6) is 0.827. The molecular formula is C15H18NO2+. The Bertz CT molecular complexity index is 468. The van der Waals surface area contributed by atoms with E-state index in [9.17, 15) is 0 Å². The normalized spacial score (nSPS) is 12.1. The smallest absolute Gasteiger partial charge is 0.133 e. The zero-order valence-electron chi connectivity index (χ0n) is 10.3. The van der Waals surface area contributed by atoms with Crippen LogP contribution in [-0.4, -0.2) is 11.7 Å². The van der Waals surface area contributed by atoms with Crippen molar-refractivity contribution in [1.82, 2.24) is 0 Å². The van der Waals surface area contributed by atoms with Crippen LogP contribution in [-0.2, 0) is 6.61 Å². The average molecular weight is 244 g/mol. The molecular weight excluding hydrogens is 226 g/mol. The van der Waals surface area contributed by atoms with Crippen molar-refractivity contribution < 1.29 is 15.6 Å². The summed E-state index contributed by atoms with van der Waals surface area (Å²) in [6.45, 7) is 0.623. The zero-order chi connectivity index (χ0) is 12.8. The number of aliphatic hydroxyl groups is 1. The molecule has 0 aromatic heterocycles. The molecule has 0 aliphatic heterocycles. The maximum Gasteiger partial charge on any atom is 0.133 e. The second-order valence-electron chi connectivity index (χ2n) is 4.22. The summed E-state index contributed by atoms with van der Waals surface area (Å²) in [4.78, 5) is 0. The van der Waals surface area contributed by atoms with Gasteiger partial charge in [-0.3, -0.25) is 0 Å². The first kappa shape index (κ1) is 12.6. The van der Waals surface area contributed by atoms with Crippen LogP contribution in [0.15, 0.2) is 54.6 Å². The average Bonchev–Trinajstić information content (AvgIpc) is 2.46. The molecule has 0 saturated heterocycles. The lowest BCUT2D eigenvalue weighted by Crippen LogP contribution is -2.55. The van der Waals surface area contributed by atoms with Gasteiger partial charge in [0.2, 0.25) is 0 Å². The lowest BCUT2D eigenvalue weighted by atomic mass is 10.1. The highest BCUT2D eigenvalue weighted by atomic mass is 16.5. The van der Waals surface area contributed by atoms with Crippen molar-refractivity contribution >= 4 is 0 Å². The summed E-state index contributed by atoms with van der Waals surface area (Å²) >= 11 is 0. The molecule has 0 amide bonds. The van der Waals surface area contributed by atoms with E-state index in [-0.39, 0.29) is 12.6 Å². The summed E-state index contributed by atoms with van der Waals surface area (Å²) < 4.78 is 5.68. The number of benzene rings is 2. The monoisotopic (exact) mass is 244 g/mol. The lowest BCUT2D eigenvalue weighted by molar-refractivity contribution is -0.432. The molecule has 0 heterocycles. The molecule has 2 rings (SSSR count). The third-order valence-electron chi connectivity index (χ3n) is 2.82. The first-order chi connectivity index (χ1) is 8.79. The lowest BCUT2D eigenvalue weighted by Gasteiger charge is -2.08. The van der Waals surface area contributed by atoms with Crippen LogP contribution in [0.2, 0.25) is 0 Å². The van der Waals surface area contributed by atoms with E-state index in [0.29, 0.717) is 6.61 Å². The van der Waals surface area contributed by atoms with Gasteiger partial charge in [-0.1, -0.05) is 30.3 Å². The van der Waals surface area contributed by atoms with Gasteiger partial charge in [-0.25, -0.2) is 0 Å². The van der Waals surface area contributed by atoms with E-state index in [1.54, 1.807) is 0 Å². The molecule has 0 fully saturated rings. The van der Waals surface area contributed by atoms with Crippen LogP contribution in [0.4, 0.5) is 0 Å². The van der Waals surface area contributed by atoms with Gasteiger partial charge in [0, 0.05) is 5.56 Å². The zero-order valence-corrected chi connectivity index (χ0v) is 10.3. The van der Waals surface area contributed by atoms with E-state index < -0.39 is 0 Å². The molecule has 2 aromatic carbocycles. The fourth-order valence-corrected chi connectivity index (χ4v) is 1.68. The van der Waals surface area contributed by atoms with E-state index in [1.807, 2.05) is 54.6 Å². The number of ether oxygens (including phenoxy) is 1. The van der Waals surface area contributed by atoms with E-state index in [1.165, 1.54) is 0 Å². The van der Waals surface area contributed by atoms with Gasteiger partial charge in [0.15, 0.2) is 0 Å². The largest absolute Gasteiger partial charge is 0.489 e. The Hall–Kier alpha value is -1.84. The molecule has 4 N–H and O–H groups in total. The predicted octanol–water partition coefficient (Wildman–Crippen LogP) is 1.54. The third kappa shape index (κ3) is 3.32. The Balaban J connectivity index is 1.94. The van der Waals surface area contributed by atoms with E-state index in [0.717, 1.165) is 16.9 Å². The van der Waals surface area contributed by atoms with Crippen LogP contribution in [0, 0.1) is 0 Å². The minimum absolute atomic E-state index is 0.0597. The van der Waals surface area contributed by atoms with Crippen molar-refractivity contribution in [3.63, 3.8) is 0 Å². The number of hydrogen-bond donors (Lipinski definition) is 2. The standard InChI is InChI=1S/C15H17NO2/c16-15(10-17)13-6-8-14(9-7-13)18-11-12-4-2-1-3-5-12/h1-9,15,17H,10-11,16H2/p+1/t15-/m0/s1. The van der Waals surface area contributed by atoms with Crippen molar-refractivity contribution in [2.24, 2.45) is 0 Å². The van der Waals surface area contributed by atoms with Crippen LogP contribution in [0.25, 0.3) is 0 Å². The highest BCUT2D eigenvalue weighted by Gasteiger charge is 2.07. The highest BCUT2D eigenvalue weighted by Crippen LogP contribution is 2.16. The van der Waals surface area contributed by atoms with E-state index >= 15 is 0 Å². The Labute approximate surface area is 107 Å². The van der Waals surface area contributed by atoms with Gasteiger partial charge < -0.3 is 15.6 Å². The van der Waals surface area contributed by atoms with Gasteiger partial charge in [0.05, 0.1) is 6.61 Å². The maximum absolute atomic E-state index is 9.02. The third-order valence-corrected chi connectivity index (χ3v) is 2.82. The molecule has 0 bridgehead atoms. The summed E-state index contributed by atoms with van der Waals surface area (Å²) in [5, 5.41) is 9.02. The van der Waals surface area contributed by atoms with Gasteiger partial charge in [0.25, 0.3) is 0 Å².